The van der Waals surface area contributed by atoms with Gasteiger partial charge in [-0.15, -0.1) is 0 Å². The van der Waals surface area contributed by atoms with Gasteiger partial charge < -0.3 is 9.84 Å². The minimum atomic E-state index is -0.727. The molecule has 2 aromatic carbocycles. The summed E-state index contributed by atoms with van der Waals surface area (Å²) in [7, 11) is 0. The number of rotatable bonds is 9. The molecule has 0 fully saturated rings. The SMILES string of the molecule is CCCCCCCCc1ccc(OC(=O)Nc2cc(Cl)c(C)c(Cl)c2O)cc1. The summed E-state index contributed by atoms with van der Waals surface area (Å²) in [6.07, 6.45) is 7.87. The molecule has 0 atom stereocenters. The van der Waals surface area contributed by atoms with E-state index in [0.29, 0.717) is 16.3 Å². The molecule has 152 valence electrons. The quantitative estimate of drug-likeness (QED) is 0.323. The highest BCUT2D eigenvalue weighted by Gasteiger charge is 2.15. The molecule has 0 saturated carbocycles. The number of carbonyl (C=O) groups is 1. The van der Waals surface area contributed by atoms with Gasteiger partial charge in [-0.2, -0.15) is 0 Å². The number of halogens is 2. The largest absolute Gasteiger partial charge is 0.504 e. The maximum absolute atomic E-state index is 12.1. The number of benzene rings is 2. The minimum absolute atomic E-state index is 0.0989. The van der Waals surface area contributed by atoms with E-state index in [1.54, 1.807) is 19.1 Å². The Kier molecular flexibility index (Phi) is 8.94. The lowest BCUT2D eigenvalue weighted by atomic mass is 10.0. The van der Waals surface area contributed by atoms with Crippen LogP contribution in [-0.4, -0.2) is 11.2 Å². The summed E-state index contributed by atoms with van der Waals surface area (Å²) in [5.41, 5.74) is 1.86. The number of carbonyl (C=O) groups excluding carboxylic acids is 1. The first kappa shape index (κ1) is 22.4. The van der Waals surface area contributed by atoms with Crippen molar-refractivity contribution in [3.05, 3.63) is 51.5 Å². The number of unbranched alkanes of at least 4 members (excludes halogenated alkanes) is 5. The number of phenols is 1. The topological polar surface area (TPSA) is 58.6 Å². The molecular weight excluding hydrogens is 397 g/mol. The van der Waals surface area contributed by atoms with Crippen LogP contribution < -0.4 is 10.1 Å². The Hall–Kier alpha value is -1.91. The Morgan fingerprint density at radius 3 is 2.39 bits per heavy atom. The van der Waals surface area contributed by atoms with Gasteiger partial charge in [0.2, 0.25) is 0 Å². The van der Waals surface area contributed by atoms with Gasteiger partial charge in [-0.1, -0.05) is 74.4 Å². The summed E-state index contributed by atoms with van der Waals surface area (Å²) in [4.78, 5) is 12.1. The lowest BCUT2D eigenvalue weighted by Crippen LogP contribution is -2.17. The molecule has 0 aromatic heterocycles. The van der Waals surface area contributed by atoms with Crippen LogP contribution in [0.1, 0.15) is 56.6 Å². The summed E-state index contributed by atoms with van der Waals surface area (Å²) in [5.74, 6) is 0.183. The van der Waals surface area contributed by atoms with Crippen molar-refractivity contribution in [2.75, 3.05) is 5.32 Å². The Labute approximate surface area is 176 Å². The zero-order chi connectivity index (χ0) is 20.5. The van der Waals surface area contributed by atoms with Crippen molar-refractivity contribution < 1.29 is 14.6 Å². The highest BCUT2D eigenvalue weighted by Crippen LogP contribution is 2.38. The highest BCUT2D eigenvalue weighted by atomic mass is 35.5. The predicted molar refractivity (Wildman–Crippen MR) is 116 cm³/mol. The first-order valence-corrected chi connectivity index (χ1v) is 10.4. The van der Waals surface area contributed by atoms with Gasteiger partial charge in [-0.3, -0.25) is 5.32 Å². The monoisotopic (exact) mass is 423 g/mol. The molecule has 0 saturated heterocycles. The number of amides is 1. The standard InChI is InChI=1S/C22H27Cl2NO3/c1-3-4-5-6-7-8-9-16-10-12-17(13-11-16)28-22(27)25-19-14-18(23)15(2)20(24)21(19)26/h10-14,26H,3-9H2,1-2H3,(H,25,27). The zero-order valence-electron chi connectivity index (χ0n) is 16.4. The molecular formula is C22H27Cl2NO3. The number of ether oxygens (including phenoxy) is 1. The van der Waals surface area contributed by atoms with Gasteiger partial charge in [0.1, 0.15) is 5.75 Å². The molecule has 0 aliphatic carbocycles. The second-order valence-electron chi connectivity index (χ2n) is 6.87. The summed E-state index contributed by atoms with van der Waals surface area (Å²) in [6.45, 7) is 3.90. The van der Waals surface area contributed by atoms with Crippen molar-refractivity contribution >= 4 is 35.0 Å². The van der Waals surface area contributed by atoms with Crippen LogP contribution in [0.15, 0.2) is 30.3 Å². The van der Waals surface area contributed by atoms with Gasteiger partial charge in [0.25, 0.3) is 0 Å². The van der Waals surface area contributed by atoms with Crippen molar-refractivity contribution in [1.29, 1.82) is 0 Å². The smallest absolute Gasteiger partial charge is 0.417 e. The van der Waals surface area contributed by atoms with E-state index in [1.165, 1.54) is 50.2 Å². The van der Waals surface area contributed by atoms with Crippen LogP contribution in [0.25, 0.3) is 0 Å². The zero-order valence-corrected chi connectivity index (χ0v) is 17.9. The second-order valence-corrected chi connectivity index (χ2v) is 7.65. The maximum atomic E-state index is 12.1. The number of hydrogen-bond acceptors (Lipinski definition) is 3. The number of aryl methyl sites for hydroxylation is 1. The molecule has 4 nitrogen and oxygen atoms in total. The fraction of sp³-hybridized carbons (Fsp3) is 0.409. The van der Waals surface area contributed by atoms with Crippen LogP contribution in [0.4, 0.5) is 10.5 Å². The normalized spacial score (nSPS) is 10.7. The Morgan fingerprint density at radius 1 is 1.07 bits per heavy atom. The first-order chi connectivity index (χ1) is 13.4. The van der Waals surface area contributed by atoms with E-state index >= 15 is 0 Å². The predicted octanol–water partition coefficient (Wildman–Crippen LogP) is 7.52. The molecule has 28 heavy (non-hydrogen) atoms. The third-order valence-electron chi connectivity index (χ3n) is 4.61. The molecule has 0 spiro atoms. The van der Waals surface area contributed by atoms with E-state index in [9.17, 15) is 9.90 Å². The number of aromatic hydroxyl groups is 1. The number of phenolic OH excluding ortho intramolecular Hbond substituents is 1. The van der Waals surface area contributed by atoms with Gasteiger partial charge in [0.15, 0.2) is 5.75 Å². The van der Waals surface area contributed by atoms with Gasteiger partial charge >= 0.3 is 6.09 Å². The summed E-state index contributed by atoms with van der Waals surface area (Å²) in [5, 5.41) is 12.9. The third kappa shape index (κ3) is 6.61. The molecule has 6 heteroatoms. The number of hydrogen-bond donors (Lipinski definition) is 2. The van der Waals surface area contributed by atoms with Crippen LogP contribution in [-0.2, 0) is 6.42 Å². The van der Waals surface area contributed by atoms with Crippen LogP contribution in [0.3, 0.4) is 0 Å². The molecule has 2 aromatic rings. The van der Waals surface area contributed by atoms with Gasteiger partial charge in [-0.05, 0) is 49.1 Å². The molecule has 2 rings (SSSR count). The van der Waals surface area contributed by atoms with Crippen molar-refractivity contribution in [2.45, 2.75) is 58.8 Å². The summed E-state index contributed by atoms with van der Waals surface area (Å²) >= 11 is 12.0. The lowest BCUT2D eigenvalue weighted by molar-refractivity contribution is 0.215. The number of nitrogens with one attached hydrogen (secondary N) is 1. The van der Waals surface area contributed by atoms with Crippen LogP contribution in [0, 0.1) is 6.92 Å². The van der Waals surface area contributed by atoms with E-state index in [2.05, 4.69) is 12.2 Å². The average Bonchev–Trinajstić information content (AvgIpc) is 2.68. The van der Waals surface area contributed by atoms with E-state index < -0.39 is 6.09 Å². The van der Waals surface area contributed by atoms with Crippen molar-refractivity contribution in [3.8, 4) is 11.5 Å². The van der Waals surface area contributed by atoms with Crippen molar-refractivity contribution in [3.63, 3.8) is 0 Å². The van der Waals surface area contributed by atoms with Crippen molar-refractivity contribution in [1.82, 2.24) is 0 Å². The molecule has 0 radical (unpaired) electrons. The van der Waals surface area contributed by atoms with Crippen LogP contribution >= 0.6 is 23.2 Å². The molecule has 0 heterocycles. The van der Waals surface area contributed by atoms with Crippen molar-refractivity contribution in [2.24, 2.45) is 0 Å². The third-order valence-corrected chi connectivity index (χ3v) is 5.47. The maximum Gasteiger partial charge on any atom is 0.417 e. The fourth-order valence-corrected chi connectivity index (χ4v) is 3.33. The first-order valence-electron chi connectivity index (χ1n) is 9.67. The lowest BCUT2D eigenvalue weighted by Gasteiger charge is -2.12. The average molecular weight is 424 g/mol. The van der Waals surface area contributed by atoms with E-state index in [1.807, 2.05) is 12.1 Å². The fourth-order valence-electron chi connectivity index (χ4n) is 2.88. The molecule has 0 aliphatic rings. The summed E-state index contributed by atoms with van der Waals surface area (Å²) in [6, 6.07) is 8.89. The van der Waals surface area contributed by atoms with Gasteiger partial charge in [0, 0.05) is 5.02 Å². The minimum Gasteiger partial charge on any atom is -0.504 e. The second kappa shape index (κ2) is 11.2. The molecule has 0 bridgehead atoms. The number of anilines is 1. The van der Waals surface area contributed by atoms with E-state index in [-0.39, 0.29) is 16.5 Å². The van der Waals surface area contributed by atoms with Gasteiger partial charge in [0.05, 0.1) is 10.7 Å². The molecule has 1 amide bonds. The van der Waals surface area contributed by atoms with Crippen LogP contribution in [0.5, 0.6) is 11.5 Å². The Bertz CT molecular complexity index is 791. The summed E-state index contributed by atoms with van der Waals surface area (Å²) < 4.78 is 5.26. The molecule has 2 N–H and O–H groups in total. The van der Waals surface area contributed by atoms with E-state index in [4.69, 9.17) is 27.9 Å². The van der Waals surface area contributed by atoms with Gasteiger partial charge in [-0.25, -0.2) is 4.79 Å². The molecule has 0 aliphatic heterocycles. The molecule has 0 unspecified atom stereocenters. The Balaban J connectivity index is 1.84. The Morgan fingerprint density at radius 2 is 1.71 bits per heavy atom. The highest BCUT2D eigenvalue weighted by molar-refractivity contribution is 6.37. The van der Waals surface area contributed by atoms with E-state index in [0.717, 1.165) is 6.42 Å². The van der Waals surface area contributed by atoms with Crippen LogP contribution in [0.2, 0.25) is 10.0 Å².